The minimum Gasteiger partial charge on any atom is -0.323 e. The Labute approximate surface area is 202 Å². The third-order valence-electron chi connectivity index (χ3n) is 5.83. The van der Waals surface area contributed by atoms with Gasteiger partial charge in [-0.1, -0.05) is 24.7 Å². The van der Waals surface area contributed by atoms with Crippen LogP contribution in [-0.2, 0) is 20.2 Å². The summed E-state index contributed by atoms with van der Waals surface area (Å²) in [5, 5.41) is -0.873. The molecule has 3 heterocycles. The van der Waals surface area contributed by atoms with Gasteiger partial charge in [0.25, 0.3) is 0 Å². The summed E-state index contributed by atoms with van der Waals surface area (Å²) < 4.78 is 97.8. The smallest absolute Gasteiger partial charge is 0.323 e. The van der Waals surface area contributed by atoms with E-state index in [1.165, 1.54) is 12.0 Å². The lowest BCUT2D eigenvalue weighted by molar-refractivity contribution is -0.477. The van der Waals surface area contributed by atoms with Gasteiger partial charge in [-0.05, 0) is 47.9 Å². The van der Waals surface area contributed by atoms with Gasteiger partial charge in [0.1, 0.15) is 11.6 Å². The summed E-state index contributed by atoms with van der Waals surface area (Å²) in [6.45, 7) is 3.51. The summed E-state index contributed by atoms with van der Waals surface area (Å²) in [7, 11) is 0. The van der Waals surface area contributed by atoms with E-state index in [0.717, 1.165) is 18.1 Å². The van der Waals surface area contributed by atoms with Crippen molar-refractivity contribution in [3.8, 4) is 23.7 Å². The highest BCUT2D eigenvalue weighted by Crippen LogP contribution is 2.43. The normalized spacial score (nSPS) is 23.1. The van der Waals surface area contributed by atoms with Crippen LogP contribution < -0.4 is 0 Å². The van der Waals surface area contributed by atoms with Crippen molar-refractivity contribution in [3.05, 3.63) is 82.2 Å². The first kappa shape index (κ1) is 24.2. The van der Waals surface area contributed by atoms with Crippen molar-refractivity contribution in [3.63, 3.8) is 0 Å². The summed E-state index contributed by atoms with van der Waals surface area (Å²) in [5.74, 6) is 2.53. The quantitative estimate of drug-likeness (QED) is 0.313. The van der Waals surface area contributed by atoms with Gasteiger partial charge in [-0.25, -0.2) is 13.2 Å². The highest BCUT2D eigenvalue weighted by atomic mass is 19.4. The molecule has 0 aromatic heterocycles. The number of ether oxygens (including phenoxy) is 3. The van der Waals surface area contributed by atoms with Gasteiger partial charge in [0.05, 0.1) is 30.8 Å². The van der Waals surface area contributed by atoms with Crippen molar-refractivity contribution in [2.45, 2.75) is 19.1 Å². The molecule has 3 aliphatic heterocycles. The number of halogens is 6. The van der Waals surface area contributed by atoms with E-state index >= 15 is 0 Å². The lowest BCUT2D eigenvalue weighted by atomic mass is 9.91. The van der Waals surface area contributed by atoms with E-state index in [-0.39, 0.29) is 16.4 Å². The van der Waals surface area contributed by atoms with Gasteiger partial charge in [0.15, 0.2) is 5.82 Å². The van der Waals surface area contributed by atoms with Crippen LogP contribution in [0.5, 0.6) is 0 Å². The fourth-order valence-corrected chi connectivity index (χ4v) is 3.94. The molecule has 3 aromatic carbocycles. The lowest BCUT2D eigenvalue weighted by Crippen LogP contribution is -2.57. The molecule has 3 aliphatic rings. The minimum absolute atomic E-state index is 0.115. The van der Waals surface area contributed by atoms with E-state index in [2.05, 4.69) is 11.8 Å². The predicted molar refractivity (Wildman–Crippen MR) is 117 cm³/mol. The van der Waals surface area contributed by atoms with E-state index in [9.17, 15) is 26.3 Å². The Kier molecular flexibility index (Phi) is 5.76. The second-order valence-electron chi connectivity index (χ2n) is 8.91. The maximum atomic E-state index is 14.6. The van der Waals surface area contributed by atoms with Gasteiger partial charge in [-0.3, -0.25) is 0 Å². The minimum atomic E-state index is -4.95. The Hall–Kier alpha value is -3.50. The van der Waals surface area contributed by atoms with E-state index in [4.69, 9.17) is 14.2 Å². The zero-order valence-corrected chi connectivity index (χ0v) is 18.7. The zero-order chi connectivity index (χ0) is 25.7. The first-order valence-corrected chi connectivity index (χ1v) is 10.7. The largest absolute Gasteiger partial charge is 0.458 e. The molecule has 0 radical (unpaired) electrons. The molecule has 3 saturated heterocycles. The third kappa shape index (κ3) is 4.54. The maximum absolute atomic E-state index is 14.6. The van der Waals surface area contributed by atoms with Crippen molar-refractivity contribution in [2.75, 3.05) is 19.8 Å². The average molecular weight is 502 g/mol. The van der Waals surface area contributed by atoms with Crippen LogP contribution in [0.25, 0.3) is 10.8 Å². The second-order valence-corrected chi connectivity index (χ2v) is 8.91. The van der Waals surface area contributed by atoms with Gasteiger partial charge in [0.2, 0.25) is 0 Å². The SMILES string of the molecule is CC12COC(c3ccc(C#Cc4cc(F)c5c(F)c(C#CC(F)(F)F)c(F)cc5c4)cc3)(OC1)OC2. The zero-order valence-electron chi connectivity index (χ0n) is 18.7. The standard InChI is InChI=1S/C27H16F6O3/c1-25-13-34-27(35-14-25,36-15-25)19-6-4-16(5-7-19)2-3-17-10-18-12-21(28)20(8-9-26(31,32)33)24(30)23(18)22(29)11-17/h4-7,10-12H,13-15H2,1H3. The molecule has 0 amide bonds. The van der Waals surface area contributed by atoms with Crippen LogP contribution in [0.15, 0.2) is 42.5 Å². The van der Waals surface area contributed by atoms with E-state index in [0.29, 0.717) is 30.9 Å². The fraction of sp³-hybridized carbons (Fsp3) is 0.259. The van der Waals surface area contributed by atoms with Crippen molar-refractivity contribution < 1.29 is 40.6 Å². The molecule has 184 valence electrons. The van der Waals surface area contributed by atoms with Crippen LogP contribution in [0.4, 0.5) is 26.3 Å². The van der Waals surface area contributed by atoms with Crippen LogP contribution >= 0.6 is 0 Å². The third-order valence-corrected chi connectivity index (χ3v) is 5.83. The van der Waals surface area contributed by atoms with Crippen molar-refractivity contribution in [1.29, 1.82) is 0 Å². The number of alkyl halides is 3. The molecule has 3 aromatic rings. The molecule has 0 unspecified atom stereocenters. The van der Waals surface area contributed by atoms with Gasteiger partial charge in [0, 0.05) is 28.0 Å². The van der Waals surface area contributed by atoms with Crippen LogP contribution in [0, 0.1) is 46.5 Å². The first-order chi connectivity index (χ1) is 17.0. The molecule has 0 saturated carbocycles. The number of benzene rings is 3. The summed E-state index contributed by atoms with van der Waals surface area (Å²) in [4.78, 5) is 0. The first-order valence-electron chi connectivity index (χ1n) is 10.7. The van der Waals surface area contributed by atoms with Crippen LogP contribution in [0.3, 0.4) is 0 Å². The van der Waals surface area contributed by atoms with E-state index in [1.54, 1.807) is 24.3 Å². The monoisotopic (exact) mass is 502 g/mol. The summed E-state index contributed by atoms with van der Waals surface area (Å²) in [6.07, 6.45) is -4.95. The molecule has 9 heteroatoms. The molecule has 3 fully saturated rings. The molecular weight excluding hydrogens is 486 g/mol. The number of rotatable bonds is 1. The topological polar surface area (TPSA) is 27.7 Å². The number of fused-ring (bicyclic) bond motifs is 4. The Morgan fingerprint density at radius 3 is 2.00 bits per heavy atom. The van der Waals surface area contributed by atoms with Gasteiger partial charge in [-0.15, -0.1) is 0 Å². The highest BCUT2D eigenvalue weighted by molar-refractivity contribution is 5.87. The molecule has 0 N–H and O–H groups in total. The fourth-order valence-electron chi connectivity index (χ4n) is 3.94. The molecule has 6 rings (SSSR count). The van der Waals surface area contributed by atoms with Crippen molar-refractivity contribution >= 4 is 10.8 Å². The van der Waals surface area contributed by atoms with Crippen molar-refractivity contribution in [1.82, 2.24) is 0 Å². The Balaban J connectivity index is 1.42. The molecular formula is C27H16F6O3. The van der Waals surface area contributed by atoms with Gasteiger partial charge in [-0.2, -0.15) is 13.2 Å². The van der Waals surface area contributed by atoms with E-state index in [1.807, 2.05) is 6.92 Å². The molecule has 36 heavy (non-hydrogen) atoms. The van der Waals surface area contributed by atoms with Crippen molar-refractivity contribution in [2.24, 2.45) is 5.41 Å². The van der Waals surface area contributed by atoms with Crippen LogP contribution in [0.1, 0.15) is 29.2 Å². The Bertz CT molecular complexity index is 1460. The molecule has 2 bridgehead atoms. The molecule has 0 atom stereocenters. The summed E-state index contributed by atoms with van der Waals surface area (Å²) in [5.41, 5.74) is -0.00479. The molecule has 3 nitrogen and oxygen atoms in total. The lowest BCUT2D eigenvalue weighted by Gasteiger charge is -2.50. The van der Waals surface area contributed by atoms with Crippen LogP contribution in [0.2, 0.25) is 0 Å². The van der Waals surface area contributed by atoms with Crippen LogP contribution in [-0.4, -0.2) is 26.0 Å². The summed E-state index contributed by atoms with van der Waals surface area (Å²) in [6, 6.07) is 9.72. The second kappa shape index (κ2) is 8.56. The predicted octanol–water partition coefficient (Wildman–Crippen LogP) is 5.76. The summed E-state index contributed by atoms with van der Waals surface area (Å²) >= 11 is 0. The van der Waals surface area contributed by atoms with Gasteiger partial charge < -0.3 is 14.2 Å². The highest BCUT2D eigenvalue weighted by Gasteiger charge is 2.51. The number of hydrogen-bond acceptors (Lipinski definition) is 3. The van der Waals surface area contributed by atoms with E-state index < -0.39 is 40.6 Å². The van der Waals surface area contributed by atoms with Gasteiger partial charge >= 0.3 is 12.1 Å². The Morgan fingerprint density at radius 2 is 1.39 bits per heavy atom. The molecule has 0 aliphatic carbocycles. The average Bonchev–Trinajstić information content (AvgIpc) is 2.82. The molecule has 0 spiro atoms. The number of hydrogen-bond donors (Lipinski definition) is 0. The maximum Gasteiger partial charge on any atom is 0.458 e. The Morgan fingerprint density at radius 1 is 0.778 bits per heavy atom.